The van der Waals surface area contributed by atoms with Gasteiger partial charge in [-0.1, -0.05) is 6.08 Å². The molecule has 1 aromatic rings. The zero-order valence-electron chi connectivity index (χ0n) is 15.7. The van der Waals surface area contributed by atoms with Crippen molar-refractivity contribution < 1.29 is 19.0 Å². The van der Waals surface area contributed by atoms with Gasteiger partial charge in [0.2, 0.25) is 0 Å². The normalized spacial score (nSPS) is 22.8. The van der Waals surface area contributed by atoms with Crippen LogP contribution in [0.3, 0.4) is 0 Å². The van der Waals surface area contributed by atoms with Crippen LogP contribution in [0.2, 0.25) is 0 Å². The highest BCUT2D eigenvalue weighted by atomic mass is 19.1. The van der Waals surface area contributed by atoms with Crippen molar-refractivity contribution in [2.24, 2.45) is 0 Å². The van der Waals surface area contributed by atoms with Crippen molar-refractivity contribution in [3.63, 3.8) is 0 Å². The number of nitrogens with one attached hydrogen (secondary N) is 2. The number of aliphatic hydroxyl groups is 1. The first-order chi connectivity index (χ1) is 13.5. The number of halogens is 1. The number of ether oxygens (including phenoxy) is 1. The molecule has 4 rings (SSSR count). The van der Waals surface area contributed by atoms with Gasteiger partial charge in [-0.05, 0) is 55.7 Å². The van der Waals surface area contributed by atoms with Crippen LogP contribution in [0.1, 0.15) is 24.0 Å². The molecule has 7 heteroatoms. The smallest absolute Gasteiger partial charge is 0.264 e. The molecule has 148 valence electrons. The summed E-state index contributed by atoms with van der Waals surface area (Å²) in [5, 5.41) is 16.2. The van der Waals surface area contributed by atoms with Crippen molar-refractivity contribution in [3.05, 3.63) is 65.3 Å². The Labute approximate surface area is 163 Å². The molecule has 0 aromatic heterocycles. The maximum absolute atomic E-state index is 13.5. The quantitative estimate of drug-likeness (QED) is 0.737. The number of aryl methyl sites for hydroxylation is 1. The molecule has 3 aliphatic heterocycles. The number of carbonyl (C=O) groups excluding carboxylic acids is 1. The number of hydrogen-bond donors (Lipinski definition) is 3. The Morgan fingerprint density at radius 2 is 2.18 bits per heavy atom. The van der Waals surface area contributed by atoms with Crippen LogP contribution >= 0.6 is 0 Å². The summed E-state index contributed by atoms with van der Waals surface area (Å²) in [4.78, 5) is 15.0. The van der Waals surface area contributed by atoms with Gasteiger partial charge in [-0.25, -0.2) is 4.39 Å². The Kier molecular flexibility index (Phi) is 4.95. The molecule has 0 aliphatic carbocycles. The number of carbonyl (C=O) groups is 1. The summed E-state index contributed by atoms with van der Waals surface area (Å²) in [6.45, 7) is 2.73. The molecule has 0 spiro atoms. The first kappa shape index (κ1) is 18.7. The molecule has 3 N–H and O–H groups in total. The lowest BCUT2D eigenvalue weighted by atomic mass is 9.91. The molecule has 0 radical (unpaired) electrons. The van der Waals surface area contributed by atoms with E-state index in [2.05, 4.69) is 10.6 Å². The van der Waals surface area contributed by atoms with Crippen LogP contribution in [0, 0.1) is 12.7 Å². The van der Waals surface area contributed by atoms with E-state index in [1.165, 1.54) is 12.1 Å². The number of fused-ring (bicyclic) bond motifs is 1. The van der Waals surface area contributed by atoms with E-state index in [4.69, 9.17) is 4.74 Å². The summed E-state index contributed by atoms with van der Waals surface area (Å²) in [5.41, 5.74) is 2.60. The molecule has 3 heterocycles. The average Bonchev–Trinajstić information content (AvgIpc) is 3.08. The zero-order chi connectivity index (χ0) is 19.7. The molecule has 0 saturated carbocycles. The molecular formula is C21H24FN3O3. The van der Waals surface area contributed by atoms with Crippen LogP contribution in [-0.2, 0) is 9.53 Å². The Morgan fingerprint density at radius 1 is 1.39 bits per heavy atom. The molecular weight excluding hydrogens is 361 g/mol. The van der Waals surface area contributed by atoms with E-state index in [0.29, 0.717) is 26.1 Å². The van der Waals surface area contributed by atoms with Crippen molar-refractivity contribution in [2.75, 3.05) is 19.8 Å². The Hall–Kier alpha value is -2.64. The van der Waals surface area contributed by atoms with Crippen LogP contribution < -0.4 is 10.6 Å². The summed E-state index contributed by atoms with van der Waals surface area (Å²) >= 11 is 0. The molecule has 1 saturated heterocycles. The molecule has 28 heavy (non-hydrogen) atoms. The minimum atomic E-state index is -0.666. The van der Waals surface area contributed by atoms with Gasteiger partial charge >= 0.3 is 0 Å². The van der Waals surface area contributed by atoms with E-state index >= 15 is 0 Å². The number of amides is 1. The van der Waals surface area contributed by atoms with Crippen molar-refractivity contribution in [2.45, 2.75) is 31.5 Å². The maximum atomic E-state index is 13.5. The van der Waals surface area contributed by atoms with E-state index in [0.717, 1.165) is 22.5 Å². The van der Waals surface area contributed by atoms with Gasteiger partial charge in [0.15, 0.2) is 6.17 Å². The van der Waals surface area contributed by atoms with Gasteiger partial charge < -0.3 is 25.4 Å². The molecule has 1 unspecified atom stereocenters. The third-order valence-corrected chi connectivity index (χ3v) is 5.55. The maximum Gasteiger partial charge on any atom is 0.264 e. The number of allylic oxidation sites excluding steroid dienone is 3. The molecule has 1 amide bonds. The highest BCUT2D eigenvalue weighted by Gasteiger charge is 2.40. The van der Waals surface area contributed by atoms with Crippen molar-refractivity contribution >= 4 is 11.6 Å². The first-order valence-electron chi connectivity index (χ1n) is 9.44. The number of rotatable bonds is 4. The largest absolute Gasteiger partial charge is 0.394 e. The Bertz CT molecular complexity index is 872. The lowest BCUT2D eigenvalue weighted by molar-refractivity contribution is -0.129. The van der Waals surface area contributed by atoms with Gasteiger partial charge in [0.05, 0.1) is 23.5 Å². The van der Waals surface area contributed by atoms with E-state index < -0.39 is 11.7 Å². The number of hydrogen-bond acceptors (Lipinski definition) is 5. The van der Waals surface area contributed by atoms with Crippen LogP contribution in [0.25, 0.3) is 5.70 Å². The highest BCUT2D eigenvalue weighted by Crippen LogP contribution is 2.33. The molecule has 6 nitrogen and oxygen atoms in total. The van der Waals surface area contributed by atoms with Gasteiger partial charge in [-0.3, -0.25) is 4.79 Å². The minimum Gasteiger partial charge on any atom is -0.394 e. The van der Waals surface area contributed by atoms with Crippen LogP contribution in [0.4, 0.5) is 4.39 Å². The predicted octanol–water partition coefficient (Wildman–Crippen LogP) is 1.78. The zero-order valence-corrected chi connectivity index (χ0v) is 15.7. The first-order valence-corrected chi connectivity index (χ1v) is 9.44. The van der Waals surface area contributed by atoms with E-state index in [-0.39, 0.29) is 18.3 Å². The van der Waals surface area contributed by atoms with Crippen molar-refractivity contribution in [1.29, 1.82) is 0 Å². The summed E-state index contributed by atoms with van der Waals surface area (Å²) in [7, 11) is 0. The van der Waals surface area contributed by atoms with Crippen LogP contribution in [-0.4, -0.2) is 47.4 Å². The van der Waals surface area contributed by atoms with E-state index in [9.17, 15) is 14.3 Å². The lowest BCUT2D eigenvalue weighted by Crippen LogP contribution is -2.60. The fourth-order valence-electron chi connectivity index (χ4n) is 3.90. The number of aliphatic hydroxyl groups excluding tert-OH is 1. The summed E-state index contributed by atoms with van der Waals surface area (Å²) in [5.74, 6) is -0.511. The summed E-state index contributed by atoms with van der Waals surface area (Å²) < 4.78 is 18.9. The topological polar surface area (TPSA) is 73.8 Å². The predicted molar refractivity (Wildman–Crippen MR) is 103 cm³/mol. The van der Waals surface area contributed by atoms with E-state index in [1.807, 2.05) is 36.3 Å². The highest BCUT2D eigenvalue weighted by molar-refractivity contribution is 5.88. The van der Waals surface area contributed by atoms with Crippen LogP contribution in [0.5, 0.6) is 0 Å². The van der Waals surface area contributed by atoms with Gasteiger partial charge in [-0.2, -0.15) is 0 Å². The number of benzene rings is 1. The van der Waals surface area contributed by atoms with Gasteiger partial charge in [-0.15, -0.1) is 0 Å². The van der Waals surface area contributed by atoms with Crippen molar-refractivity contribution in [1.82, 2.24) is 15.5 Å². The SMILES string of the molecule is Cc1cc(F)ccc1C1=C2C=CC=CN2C(C(=O)NC2(CO)CCOCC2)N1. The second kappa shape index (κ2) is 7.41. The molecule has 1 atom stereocenters. The fraction of sp³-hybridized carbons (Fsp3) is 0.381. The van der Waals surface area contributed by atoms with Gasteiger partial charge in [0.1, 0.15) is 5.82 Å². The second-order valence-electron chi connectivity index (χ2n) is 7.41. The van der Waals surface area contributed by atoms with Gasteiger partial charge in [0.25, 0.3) is 5.91 Å². The summed E-state index contributed by atoms with van der Waals surface area (Å²) in [6, 6.07) is 4.62. The third-order valence-electron chi connectivity index (χ3n) is 5.55. The molecule has 1 fully saturated rings. The third kappa shape index (κ3) is 3.31. The Balaban J connectivity index is 1.61. The van der Waals surface area contributed by atoms with Crippen molar-refractivity contribution in [3.8, 4) is 0 Å². The van der Waals surface area contributed by atoms with Crippen LogP contribution in [0.15, 0.2) is 48.3 Å². The number of nitrogens with zero attached hydrogens (tertiary/aromatic N) is 1. The average molecular weight is 385 g/mol. The second-order valence-corrected chi connectivity index (χ2v) is 7.41. The fourth-order valence-corrected chi connectivity index (χ4v) is 3.90. The molecule has 0 bridgehead atoms. The monoisotopic (exact) mass is 385 g/mol. The molecule has 1 aromatic carbocycles. The van der Waals surface area contributed by atoms with E-state index in [1.54, 1.807) is 6.07 Å². The Morgan fingerprint density at radius 3 is 2.89 bits per heavy atom. The summed E-state index contributed by atoms with van der Waals surface area (Å²) in [6.07, 6.45) is 8.02. The van der Waals surface area contributed by atoms with Gasteiger partial charge in [0, 0.05) is 25.0 Å². The minimum absolute atomic E-state index is 0.130. The standard InChI is InChI=1S/C21H24FN3O3/c1-14-12-15(22)5-6-16(14)18-17-4-2-3-9-25(17)19(23-18)20(27)24-21(13-26)7-10-28-11-8-21/h2-6,9,12,19,23,26H,7-8,10-11,13H2,1H3,(H,24,27). The lowest BCUT2D eigenvalue weighted by Gasteiger charge is -2.38. The molecule has 3 aliphatic rings.